The third-order valence-corrected chi connectivity index (χ3v) is 6.53. The molecule has 1 atom stereocenters. The minimum absolute atomic E-state index is 0.128. The van der Waals surface area contributed by atoms with Gasteiger partial charge in [0.05, 0.1) is 30.1 Å². The molecule has 0 spiro atoms. The summed E-state index contributed by atoms with van der Waals surface area (Å²) in [4.78, 5) is 36.3. The highest BCUT2D eigenvalue weighted by Gasteiger charge is 2.31. The molecule has 1 N–H and O–H groups in total. The average molecular weight is 589 g/mol. The lowest BCUT2D eigenvalue weighted by molar-refractivity contribution is -0.274. The van der Waals surface area contributed by atoms with Crippen molar-refractivity contribution >= 4 is 16.9 Å². The Hall–Kier alpha value is -5.19. The molecule has 1 unspecified atom stereocenters. The van der Waals surface area contributed by atoms with Crippen LogP contribution in [0.25, 0.3) is 16.7 Å². The number of benzene rings is 3. The van der Waals surface area contributed by atoms with Crippen LogP contribution >= 0.6 is 0 Å². The summed E-state index contributed by atoms with van der Waals surface area (Å²) < 4.78 is 48.6. The Bertz CT molecular complexity index is 1760. The van der Waals surface area contributed by atoms with Gasteiger partial charge in [-0.3, -0.25) is 14.2 Å². The van der Waals surface area contributed by atoms with Crippen molar-refractivity contribution < 1.29 is 27.4 Å². The molecule has 3 aromatic carbocycles. The minimum Gasteiger partial charge on any atom is -0.494 e. The van der Waals surface area contributed by atoms with Gasteiger partial charge in [0, 0.05) is 6.20 Å². The number of amides is 1. The number of aromatic nitrogens is 3. The third-order valence-electron chi connectivity index (χ3n) is 6.53. The minimum atomic E-state index is -4.82. The maximum atomic E-state index is 13.9. The van der Waals surface area contributed by atoms with Crippen molar-refractivity contribution in [1.82, 2.24) is 19.9 Å². The molecular formula is C32H27F3N4O4. The summed E-state index contributed by atoms with van der Waals surface area (Å²) in [6.07, 6.45) is -3.11. The van der Waals surface area contributed by atoms with Crippen molar-refractivity contribution in [3.05, 3.63) is 124 Å². The van der Waals surface area contributed by atoms with E-state index < -0.39 is 18.3 Å². The molecule has 5 rings (SSSR count). The summed E-state index contributed by atoms with van der Waals surface area (Å²) in [5.41, 5.74) is 1.76. The van der Waals surface area contributed by atoms with E-state index in [2.05, 4.69) is 15.0 Å². The molecule has 0 saturated heterocycles. The van der Waals surface area contributed by atoms with Gasteiger partial charge in [-0.2, -0.15) is 0 Å². The smallest absolute Gasteiger partial charge is 0.494 e. The molecule has 0 radical (unpaired) electrons. The van der Waals surface area contributed by atoms with Crippen molar-refractivity contribution in [3.63, 3.8) is 0 Å². The first kappa shape index (κ1) is 29.3. The van der Waals surface area contributed by atoms with Crippen LogP contribution in [0.3, 0.4) is 0 Å². The number of carbonyl (C=O) groups excluding carboxylic acids is 1. The number of nitrogens with zero attached hydrogens (tertiary/aromatic N) is 3. The van der Waals surface area contributed by atoms with Gasteiger partial charge in [-0.25, -0.2) is 9.97 Å². The number of hydrogen-bond donors (Lipinski definition) is 1. The maximum Gasteiger partial charge on any atom is 0.573 e. The van der Waals surface area contributed by atoms with Gasteiger partial charge in [0.25, 0.3) is 5.56 Å². The second kappa shape index (κ2) is 12.8. The summed E-state index contributed by atoms with van der Waals surface area (Å²) in [7, 11) is 0. The van der Waals surface area contributed by atoms with Gasteiger partial charge in [0.1, 0.15) is 17.3 Å². The molecule has 220 valence electrons. The van der Waals surface area contributed by atoms with Crippen molar-refractivity contribution in [2.75, 3.05) is 6.61 Å². The Labute approximate surface area is 244 Å². The lowest BCUT2D eigenvalue weighted by Crippen LogP contribution is -2.36. The lowest BCUT2D eigenvalue weighted by atomic mass is 10.0. The molecule has 2 aromatic heterocycles. The number of pyridine rings is 1. The van der Waals surface area contributed by atoms with Gasteiger partial charge in [-0.15, -0.1) is 13.2 Å². The standard InChI is InChI=1S/C32H27F3N4O4/c1-2-42-24-16-12-23(13-17-24)39-30(38-29-26(31(39)41)9-6-18-36-29)27(19-21-7-4-3-5-8-21)37-28(40)20-22-10-14-25(15-11-22)43-32(33,34)35/h3-18,27H,2,19-20H2,1H3,(H,37,40). The Morgan fingerprint density at radius 3 is 2.28 bits per heavy atom. The lowest BCUT2D eigenvalue weighted by Gasteiger charge is -2.23. The quantitative estimate of drug-likeness (QED) is 0.224. The fraction of sp³-hybridized carbons (Fsp3) is 0.188. The number of alkyl halides is 3. The molecule has 8 nitrogen and oxygen atoms in total. The van der Waals surface area contributed by atoms with E-state index in [1.807, 2.05) is 37.3 Å². The van der Waals surface area contributed by atoms with Gasteiger partial charge >= 0.3 is 6.36 Å². The summed E-state index contributed by atoms with van der Waals surface area (Å²) in [6, 6.07) is 24.0. The molecule has 11 heteroatoms. The van der Waals surface area contributed by atoms with Crippen LogP contribution in [-0.2, 0) is 17.6 Å². The number of ether oxygens (including phenoxy) is 2. The van der Waals surface area contributed by atoms with Crippen molar-refractivity contribution in [2.24, 2.45) is 0 Å². The maximum absolute atomic E-state index is 13.9. The fourth-order valence-electron chi connectivity index (χ4n) is 4.67. The summed E-state index contributed by atoms with van der Waals surface area (Å²) >= 11 is 0. The Morgan fingerprint density at radius 2 is 1.60 bits per heavy atom. The first-order chi connectivity index (χ1) is 20.7. The molecule has 0 saturated carbocycles. The highest BCUT2D eigenvalue weighted by molar-refractivity contribution is 5.79. The van der Waals surface area contributed by atoms with E-state index in [-0.39, 0.29) is 29.2 Å². The molecule has 1 amide bonds. The van der Waals surface area contributed by atoms with E-state index in [0.717, 1.165) is 17.7 Å². The van der Waals surface area contributed by atoms with E-state index in [4.69, 9.17) is 9.72 Å². The molecule has 0 aliphatic carbocycles. The molecule has 0 fully saturated rings. The van der Waals surface area contributed by atoms with Gasteiger partial charge in [0.2, 0.25) is 5.91 Å². The second-order valence-electron chi connectivity index (χ2n) is 9.59. The van der Waals surface area contributed by atoms with E-state index in [1.165, 1.54) is 22.9 Å². The van der Waals surface area contributed by atoms with E-state index in [1.54, 1.807) is 36.4 Å². The molecule has 5 aromatic rings. The topological polar surface area (TPSA) is 95.3 Å². The van der Waals surface area contributed by atoms with Crippen LogP contribution in [0.15, 0.2) is 102 Å². The van der Waals surface area contributed by atoms with Crippen LogP contribution in [0.4, 0.5) is 13.2 Å². The highest BCUT2D eigenvalue weighted by Crippen LogP contribution is 2.25. The summed E-state index contributed by atoms with van der Waals surface area (Å²) in [6.45, 7) is 2.36. The van der Waals surface area contributed by atoms with Crippen molar-refractivity contribution in [3.8, 4) is 17.2 Å². The first-order valence-corrected chi connectivity index (χ1v) is 13.5. The third kappa shape index (κ3) is 7.37. The normalized spacial score (nSPS) is 12.1. The zero-order valence-electron chi connectivity index (χ0n) is 23.0. The summed E-state index contributed by atoms with van der Waals surface area (Å²) in [5, 5.41) is 3.30. The van der Waals surface area contributed by atoms with Gasteiger partial charge in [0.15, 0.2) is 5.65 Å². The Kier molecular flexibility index (Phi) is 8.70. The SMILES string of the molecule is CCOc1ccc(-n2c(C(Cc3ccccc3)NC(=O)Cc3ccc(OC(F)(F)F)cc3)nc3ncccc3c2=O)cc1. The number of hydrogen-bond acceptors (Lipinski definition) is 6. The predicted molar refractivity (Wildman–Crippen MR) is 154 cm³/mol. The molecule has 43 heavy (non-hydrogen) atoms. The number of rotatable bonds is 10. The van der Waals surface area contributed by atoms with Crippen LogP contribution in [0.2, 0.25) is 0 Å². The monoisotopic (exact) mass is 588 g/mol. The predicted octanol–water partition coefficient (Wildman–Crippen LogP) is 5.72. The average Bonchev–Trinajstić information content (AvgIpc) is 2.98. The Morgan fingerprint density at radius 1 is 0.907 bits per heavy atom. The number of halogens is 3. The van der Waals surface area contributed by atoms with Crippen LogP contribution in [0, 0.1) is 0 Å². The molecular weight excluding hydrogens is 561 g/mol. The fourth-order valence-corrected chi connectivity index (χ4v) is 4.67. The molecule has 0 aliphatic heterocycles. The number of carbonyl (C=O) groups is 1. The number of nitrogens with one attached hydrogen (secondary N) is 1. The second-order valence-corrected chi connectivity index (χ2v) is 9.59. The zero-order chi connectivity index (χ0) is 30.4. The molecule has 0 bridgehead atoms. The Balaban J connectivity index is 1.53. The molecule has 0 aliphatic rings. The largest absolute Gasteiger partial charge is 0.573 e. The van der Waals surface area contributed by atoms with E-state index in [0.29, 0.717) is 35.4 Å². The number of fused-ring (bicyclic) bond motifs is 1. The van der Waals surface area contributed by atoms with Gasteiger partial charge < -0.3 is 14.8 Å². The zero-order valence-corrected chi connectivity index (χ0v) is 23.0. The van der Waals surface area contributed by atoms with Gasteiger partial charge in [-0.05, 0) is 73.0 Å². The van der Waals surface area contributed by atoms with Crippen LogP contribution in [0.5, 0.6) is 11.5 Å². The van der Waals surface area contributed by atoms with Crippen molar-refractivity contribution in [2.45, 2.75) is 32.2 Å². The van der Waals surface area contributed by atoms with Crippen molar-refractivity contribution in [1.29, 1.82) is 0 Å². The van der Waals surface area contributed by atoms with Crippen LogP contribution in [-0.4, -0.2) is 33.4 Å². The van der Waals surface area contributed by atoms with E-state index >= 15 is 0 Å². The summed E-state index contributed by atoms with van der Waals surface area (Å²) in [5.74, 6) is 0.105. The van der Waals surface area contributed by atoms with Crippen LogP contribution < -0.4 is 20.3 Å². The molecule has 2 heterocycles. The first-order valence-electron chi connectivity index (χ1n) is 13.5. The van der Waals surface area contributed by atoms with Crippen LogP contribution in [0.1, 0.15) is 29.9 Å². The highest BCUT2D eigenvalue weighted by atomic mass is 19.4. The van der Waals surface area contributed by atoms with E-state index in [9.17, 15) is 22.8 Å². The van der Waals surface area contributed by atoms with Gasteiger partial charge in [-0.1, -0.05) is 42.5 Å².